The number of carbonyl (C=O) groups excluding carboxylic acids is 1. The predicted molar refractivity (Wildman–Crippen MR) is 128 cm³/mol. The van der Waals surface area contributed by atoms with Crippen LogP contribution in [0.15, 0.2) is 76.3 Å². The largest absolute Gasteiger partial charge is 0.416 e. The maximum Gasteiger partial charge on any atom is 0.416 e. The molecule has 0 saturated carbocycles. The second-order valence-electron chi connectivity index (χ2n) is 8.36. The molecule has 0 radical (unpaired) electrons. The number of hydrogen-bond acceptors (Lipinski definition) is 4. The predicted octanol–water partition coefficient (Wildman–Crippen LogP) is 4.47. The molecule has 0 bridgehead atoms. The molecule has 0 unspecified atom stereocenters. The van der Waals surface area contributed by atoms with Crippen molar-refractivity contribution in [3.8, 4) is 5.69 Å². The van der Waals surface area contributed by atoms with Gasteiger partial charge in [-0.25, -0.2) is 9.18 Å². The summed E-state index contributed by atoms with van der Waals surface area (Å²) in [4.78, 5) is 39.5. The molecular weight excluding hydrogens is 492 g/mol. The van der Waals surface area contributed by atoms with Gasteiger partial charge >= 0.3 is 11.9 Å². The van der Waals surface area contributed by atoms with Crippen molar-refractivity contribution in [3.05, 3.63) is 121 Å². The molecule has 4 rings (SSSR count). The number of amides is 1. The third-order valence-electron chi connectivity index (χ3n) is 5.71. The highest BCUT2D eigenvalue weighted by Crippen LogP contribution is 2.29. The number of benzene rings is 3. The van der Waals surface area contributed by atoms with Gasteiger partial charge in [0, 0.05) is 5.69 Å². The van der Waals surface area contributed by atoms with Gasteiger partial charge in [-0.1, -0.05) is 24.3 Å². The fraction of sp³-hybridized carbons (Fsp3) is 0.154. The van der Waals surface area contributed by atoms with E-state index < -0.39 is 47.0 Å². The number of anilines is 1. The summed E-state index contributed by atoms with van der Waals surface area (Å²) < 4.78 is 54.0. The molecule has 0 fully saturated rings. The van der Waals surface area contributed by atoms with E-state index in [1.165, 1.54) is 18.2 Å². The van der Waals surface area contributed by atoms with Gasteiger partial charge in [0.1, 0.15) is 5.82 Å². The van der Waals surface area contributed by atoms with E-state index in [2.05, 4.69) is 10.4 Å². The van der Waals surface area contributed by atoms with Crippen molar-refractivity contribution in [2.24, 2.45) is 0 Å². The van der Waals surface area contributed by atoms with Gasteiger partial charge in [-0.05, 0) is 73.0 Å². The fourth-order valence-electron chi connectivity index (χ4n) is 3.56. The van der Waals surface area contributed by atoms with E-state index in [1.54, 1.807) is 25.1 Å². The summed E-state index contributed by atoms with van der Waals surface area (Å²) in [6.45, 7) is 3.25. The SMILES string of the molecule is Cc1ccc(-n2nc(C(=O)Nc3cccc(F)c3)c(=O)n(Cc3ccc(C(F)(F)F)cc3)c2=O)cc1C. The van der Waals surface area contributed by atoms with E-state index in [4.69, 9.17) is 0 Å². The summed E-state index contributed by atoms with van der Waals surface area (Å²) in [6, 6.07) is 13.9. The number of aromatic nitrogens is 3. The van der Waals surface area contributed by atoms with E-state index >= 15 is 0 Å². The quantitative estimate of drug-likeness (QED) is 0.400. The maximum atomic E-state index is 13.6. The first-order chi connectivity index (χ1) is 17.4. The highest BCUT2D eigenvalue weighted by atomic mass is 19.4. The normalized spacial score (nSPS) is 11.4. The minimum atomic E-state index is -4.55. The lowest BCUT2D eigenvalue weighted by Gasteiger charge is -2.14. The van der Waals surface area contributed by atoms with Gasteiger partial charge in [0.2, 0.25) is 5.69 Å². The smallest absolute Gasteiger partial charge is 0.320 e. The third kappa shape index (κ3) is 5.50. The molecule has 1 heterocycles. The molecule has 1 amide bonds. The zero-order valence-corrected chi connectivity index (χ0v) is 19.6. The van der Waals surface area contributed by atoms with E-state index in [-0.39, 0.29) is 16.9 Å². The van der Waals surface area contributed by atoms with Gasteiger partial charge in [-0.3, -0.25) is 14.2 Å². The lowest BCUT2D eigenvalue weighted by atomic mass is 10.1. The Hall–Kier alpha value is -4.54. The van der Waals surface area contributed by atoms with Crippen LogP contribution in [0.1, 0.15) is 32.7 Å². The van der Waals surface area contributed by atoms with Crippen LogP contribution in [0, 0.1) is 19.7 Å². The van der Waals surface area contributed by atoms with E-state index in [1.807, 2.05) is 6.92 Å². The Labute approximate surface area is 207 Å². The molecule has 190 valence electrons. The zero-order chi connectivity index (χ0) is 26.9. The molecule has 0 aliphatic heterocycles. The number of aryl methyl sites for hydroxylation is 2. The average Bonchev–Trinajstić information content (AvgIpc) is 2.83. The Balaban J connectivity index is 1.83. The molecule has 7 nitrogen and oxygen atoms in total. The zero-order valence-electron chi connectivity index (χ0n) is 19.6. The van der Waals surface area contributed by atoms with Crippen molar-refractivity contribution in [2.75, 3.05) is 5.32 Å². The van der Waals surface area contributed by atoms with Crippen LogP contribution in [0.4, 0.5) is 23.2 Å². The van der Waals surface area contributed by atoms with Gasteiger partial charge in [-0.15, -0.1) is 0 Å². The van der Waals surface area contributed by atoms with Crippen molar-refractivity contribution in [1.82, 2.24) is 14.3 Å². The molecule has 4 aromatic rings. The first kappa shape index (κ1) is 25.5. The maximum absolute atomic E-state index is 13.6. The topological polar surface area (TPSA) is 86.0 Å². The monoisotopic (exact) mass is 512 g/mol. The molecule has 1 N–H and O–H groups in total. The summed E-state index contributed by atoms with van der Waals surface area (Å²) in [5, 5.41) is 6.37. The van der Waals surface area contributed by atoms with E-state index in [0.717, 1.165) is 46.1 Å². The number of carbonyl (C=O) groups is 1. The summed E-state index contributed by atoms with van der Waals surface area (Å²) in [7, 11) is 0. The van der Waals surface area contributed by atoms with Crippen LogP contribution in [-0.2, 0) is 12.7 Å². The van der Waals surface area contributed by atoms with Gasteiger partial charge < -0.3 is 5.32 Å². The average molecular weight is 512 g/mol. The Morgan fingerprint density at radius 3 is 2.27 bits per heavy atom. The molecule has 3 aromatic carbocycles. The number of nitrogens with one attached hydrogen (secondary N) is 1. The van der Waals surface area contributed by atoms with Crippen molar-refractivity contribution in [3.63, 3.8) is 0 Å². The van der Waals surface area contributed by atoms with Crippen molar-refractivity contribution < 1.29 is 22.4 Å². The van der Waals surface area contributed by atoms with Gasteiger partial charge in [0.15, 0.2) is 0 Å². The highest BCUT2D eigenvalue weighted by molar-refractivity contribution is 6.02. The Bertz CT molecular complexity index is 1610. The van der Waals surface area contributed by atoms with Crippen molar-refractivity contribution >= 4 is 11.6 Å². The molecule has 1 aromatic heterocycles. The molecule has 0 saturated heterocycles. The number of hydrogen-bond donors (Lipinski definition) is 1. The minimum Gasteiger partial charge on any atom is -0.320 e. The molecule has 0 atom stereocenters. The Kier molecular flexibility index (Phi) is 6.80. The van der Waals surface area contributed by atoms with Gasteiger partial charge in [0.05, 0.1) is 17.8 Å². The second kappa shape index (κ2) is 9.84. The Morgan fingerprint density at radius 2 is 1.65 bits per heavy atom. The van der Waals surface area contributed by atoms with Crippen LogP contribution in [0.25, 0.3) is 5.69 Å². The van der Waals surface area contributed by atoms with E-state index in [9.17, 15) is 31.9 Å². The number of rotatable bonds is 5. The third-order valence-corrected chi connectivity index (χ3v) is 5.71. The second-order valence-corrected chi connectivity index (χ2v) is 8.36. The number of nitrogens with zero attached hydrogens (tertiary/aromatic N) is 3. The minimum absolute atomic E-state index is 0.0596. The van der Waals surface area contributed by atoms with Crippen molar-refractivity contribution in [2.45, 2.75) is 26.6 Å². The van der Waals surface area contributed by atoms with Gasteiger partial charge in [-0.2, -0.15) is 23.0 Å². The van der Waals surface area contributed by atoms with Crippen LogP contribution in [-0.4, -0.2) is 20.3 Å². The van der Waals surface area contributed by atoms with Crippen LogP contribution in [0.5, 0.6) is 0 Å². The summed E-state index contributed by atoms with van der Waals surface area (Å²) in [6.07, 6.45) is -4.55. The first-order valence-electron chi connectivity index (χ1n) is 11.0. The van der Waals surface area contributed by atoms with Crippen LogP contribution in [0.2, 0.25) is 0 Å². The van der Waals surface area contributed by atoms with Crippen LogP contribution in [0.3, 0.4) is 0 Å². The summed E-state index contributed by atoms with van der Waals surface area (Å²) >= 11 is 0. The van der Waals surface area contributed by atoms with Gasteiger partial charge in [0.25, 0.3) is 11.5 Å². The molecule has 11 heteroatoms. The molecular formula is C26H20F4N4O3. The molecule has 37 heavy (non-hydrogen) atoms. The lowest BCUT2D eigenvalue weighted by molar-refractivity contribution is -0.137. The van der Waals surface area contributed by atoms with Crippen molar-refractivity contribution in [1.29, 1.82) is 0 Å². The first-order valence-corrected chi connectivity index (χ1v) is 11.0. The Morgan fingerprint density at radius 1 is 0.946 bits per heavy atom. The van der Waals surface area contributed by atoms with E-state index in [0.29, 0.717) is 4.57 Å². The van der Waals surface area contributed by atoms with Crippen LogP contribution >= 0.6 is 0 Å². The molecule has 0 aliphatic carbocycles. The molecule has 0 aliphatic rings. The fourth-order valence-corrected chi connectivity index (χ4v) is 3.56. The standard InChI is InChI=1S/C26H20F4N4O3/c1-15-6-11-21(12-16(15)2)34-25(37)33(14-17-7-9-18(10-8-17)26(28,29)30)24(36)22(32-34)23(35)31-20-5-3-4-19(27)13-20/h3-13H,14H2,1-2H3,(H,31,35). The molecule has 0 spiro atoms. The number of halogens is 4. The summed E-state index contributed by atoms with van der Waals surface area (Å²) in [5.74, 6) is -1.61. The van der Waals surface area contributed by atoms with Crippen LogP contribution < -0.4 is 16.6 Å². The summed E-state index contributed by atoms with van der Waals surface area (Å²) in [5.41, 5.74) is -1.19. The lowest BCUT2D eigenvalue weighted by Crippen LogP contribution is -2.45. The highest BCUT2D eigenvalue weighted by Gasteiger charge is 2.30. The number of alkyl halides is 3.